The molecule has 0 aromatic rings. The van der Waals surface area contributed by atoms with Crippen LogP contribution in [0.25, 0.3) is 0 Å². The van der Waals surface area contributed by atoms with Crippen LogP contribution in [0.1, 0.15) is 98.8 Å². The van der Waals surface area contributed by atoms with Crippen LogP contribution < -0.4 is 0 Å². The molecular weight excluding hydrogens is 690 g/mol. The van der Waals surface area contributed by atoms with Gasteiger partial charge in [0.1, 0.15) is 36.2 Å². The van der Waals surface area contributed by atoms with Crippen LogP contribution in [0.4, 0.5) is 0 Å². The molecule has 2 aliphatic heterocycles. The maximum Gasteiger partial charge on any atom is 0.329 e. The number of ketones is 2. The lowest BCUT2D eigenvalue weighted by Crippen LogP contribution is -2.58. The summed E-state index contributed by atoms with van der Waals surface area (Å²) in [6.45, 7) is 7.45. The summed E-state index contributed by atoms with van der Waals surface area (Å²) >= 11 is 0. The zero-order valence-electron chi connectivity index (χ0n) is 31.8. The Bertz CT molecular complexity index is 1350. The molecule has 0 unspecified atom stereocenters. The second-order valence-corrected chi connectivity index (χ2v) is 15.4. The van der Waals surface area contributed by atoms with Gasteiger partial charge >= 0.3 is 11.9 Å². The van der Waals surface area contributed by atoms with Gasteiger partial charge in [0.05, 0.1) is 32.2 Å². The van der Waals surface area contributed by atoms with E-state index in [0.29, 0.717) is 37.5 Å². The molecule has 1 saturated heterocycles. The number of rotatable bonds is 19. The number of esters is 2. The molecule has 0 spiro atoms. The molecule has 53 heavy (non-hydrogen) atoms. The van der Waals surface area contributed by atoms with Gasteiger partial charge in [-0.25, -0.2) is 4.79 Å². The Morgan fingerprint density at radius 2 is 1.72 bits per heavy atom. The van der Waals surface area contributed by atoms with Crippen molar-refractivity contribution in [3.63, 3.8) is 0 Å². The Kier molecular flexibility index (Phi) is 16.8. The summed E-state index contributed by atoms with van der Waals surface area (Å²) in [6.07, 6.45) is 9.65. The average molecular weight is 750 g/mol. The first kappa shape index (κ1) is 43.9. The maximum absolute atomic E-state index is 13.9. The fourth-order valence-corrected chi connectivity index (χ4v) is 7.08. The zero-order chi connectivity index (χ0) is 39.3. The van der Waals surface area contributed by atoms with Gasteiger partial charge < -0.3 is 39.2 Å². The van der Waals surface area contributed by atoms with E-state index < -0.39 is 72.0 Å². The van der Waals surface area contributed by atoms with Gasteiger partial charge in [-0.2, -0.15) is 0 Å². The highest BCUT2D eigenvalue weighted by atomic mass is 16.6. The van der Waals surface area contributed by atoms with Gasteiger partial charge in [-0.05, 0) is 95.1 Å². The van der Waals surface area contributed by atoms with E-state index in [1.54, 1.807) is 32.9 Å². The number of piperidine rings is 1. The smallest absolute Gasteiger partial charge is 0.329 e. The minimum absolute atomic E-state index is 0.00422. The Labute approximate surface area is 312 Å². The molecule has 1 aliphatic carbocycles. The number of likely N-dealkylation sites (tertiary alicyclic amines) is 1. The summed E-state index contributed by atoms with van der Waals surface area (Å²) in [6, 6.07) is -1.08. The first-order valence-corrected chi connectivity index (χ1v) is 18.9. The summed E-state index contributed by atoms with van der Waals surface area (Å²) in [4.78, 5) is 78.6. The van der Waals surface area contributed by atoms with E-state index in [-0.39, 0.29) is 56.3 Å². The standard InChI is InChI=1S/C39H59NO13/c1-25(22-41)19-26(2)32(44)21-33(27(3)20-29-11-13-30(14-12-29)50-17-18-51-37(48)38(5,23-42)24-43)53-36(47)31-10-6-7-15-40(31)35(46)34(45)39(49)28(4)9-8-16-52-39/h8,16,19,22,26-31,33,42-43,49H,6-7,9-15,17-18,20-21,23-24H2,1-5H3/b25-19+/t26-,27-,28-,29?,30?,31+,33+,39-/m1/s1. The first-order valence-electron chi connectivity index (χ1n) is 18.9. The number of ether oxygens (including phenoxy) is 4. The SMILES string of the molecule is C/C(C=O)=C\[C@@H](C)C(=O)C[C@H](OC(=O)[C@@H]1CCCCN1C(=O)C(=O)[C@]1(O)OC=CC[C@H]1C)[C@H](C)CC1CCC(OCCOC(=O)C(C)(CO)CO)CC1. The van der Waals surface area contributed by atoms with Crippen LogP contribution in [0, 0.1) is 29.1 Å². The van der Waals surface area contributed by atoms with Gasteiger partial charge in [0.25, 0.3) is 17.5 Å². The number of allylic oxidation sites excluding steroid dienone is 3. The molecule has 3 rings (SSSR count). The summed E-state index contributed by atoms with van der Waals surface area (Å²) in [5.41, 5.74) is -0.960. The van der Waals surface area contributed by atoms with Crippen LogP contribution in [-0.2, 0) is 47.7 Å². The number of carbonyl (C=O) groups excluding carboxylic acids is 6. The molecule has 3 aliphatic rings. The van der Waals surface area contributed by atoms with Gasteiger partial charge in [0.2, 0.25) is 0 Å². The number of hydrogen-bond donors (Lipinski definition) is 3. The number of aliphatic hydroxyl groups is 3. The molecule has 1 saturated carbocycles. The van der Waals surface area contributed by atoms with Crippen molar-refractivity contribution in [2.24, 2.45) is 29.1 Å². The second-order valence-electron chi connectivity index (χ2n) is 15.4. The summed E-state index contributed by atoms with van der Waals surface area (Å²) in [5, 5.41) is 29.7. The van der Waals surface area contributed by atoms with Crippen LogP contribution in [0.5, 0.6) is 0 Å². The third kappa shape index (κ3) is 11.8. The molecule has 3 N–H and O–H groups in total. The van der Waals surface area contributed by atoms with E-state index in [1.165, 1.54) is 13.2 Å². The topological polar surface area (TPSA) is 203 Å². The lowest BCUT2D eigenvalue weighted by molar-refractivity contribution is -0.210. The Morgan fingerprint density at radius 1 is 1.04 bits per heavy atom. The normalized spacial score (nSPS) is 26.8. The molecule has 14 nitrogen and oxygen atoms in total. The van der Waals surface area contributed by atoms with Gasteiger partial charge in [-0.1, -0.05) is 26.8 Å². The quantitative estimate of drug-likeness (QED) is 0.0572. The van der Waals surface area contributed by atoms with E-state index in [4.69, 9.17) is 18.9 Å². The molecule has 6 atom stereocenters. The fraction of sp³-hybridized carbons (Fsp3) is 0.744. The molecule has 298 valence electrons. The average Bonchev–Trinajstić information content (AvgIpc) is 3.16. The van der Waals surface area contributed by atoms with Gasteiger partial charge in [-0.3, -0.25) is 24.0 Å². The van der Waals surface area contributed by atoms with Crippen molar-refractivity contribution in [1.82, 2.24) is 4.90 Å². The molecule has 0 aromatic heterocycles. The highest BCUT2D eigenvalue weighted by Gasteiger charge is 2.51. The van der Waals surface area contributed by atoms with Crippen molar-refractivity contribution in [3.05, 3.63) is 24.0 Å². The Morgan fingerprint density at radius 3 is 2.34 bits per heavy atom. The number of aliphatic hydroxyl groups excluding tert-OH is 2. The lowest BCUT2D eigenvalue weighted by Gasteiger charge is -2.38. The van der Waals surface area contributed by atoms with Gasteiger partial charge in [-0.15, -0.1) is 0 Å². The van der Waals surface area contributed by atoms with E-state index in [0.717, 1.165) is 30.6 Å². The van der Waals surface area contributed by atoms with Crippen LogP contribution >= 0.6 is 0 Å². The summed E-state index contributed by atoms with van der Waals surface area (Å²) in [5.74, 6) is -7.41. The molecule has 2 fully saturated rings. The van der Waals surface area contributed by atoms with Crippen molar-refractivity contribution in [2.75, 3.05) is 33.0 Å². The van der Waals surface area contributed by atoms with E-state index in [1.807, 2.05) is 6.92 Å². The number of carbonyl (C=O) groups is 6. The number of nitrogens with zero attached hydrogens (tertiary/aromatic N) is 1. The molecule has 0 bridgehead atoms. The lowest BCUT2D eigenvalue weighted by atomic mass is 9.79. The summed E-state index contributed by atoms with van der Waals surface area (Å²) in [7, 11) is 0. The number of Topliss-reactive ketones (excluding diaryl/α,β-unsaturated/α-hetero) is 2. The van der Waals surface area contributed by atoms with Crippen LogP contribution in [0.3, 0.4) is 0 Å². The van der Waals surface area contributed by atoms with E-state index in [9.17, 15) is 44.1 Å². The second kappa shape index (κ2) is 20.3. The molecule has 14 heteroatoms. The van der Waals surface area contributed by atoms with Crippen molar-refractivity contribution in [3.8, 4) is 0 Å². The largest absolute Gasteiger partial charge is 0.463 e. The predicted octanol–water partition coefficient (Wildman–Crippen LogP) is 2.98. The molecular formula is C39H59NO13. The molecule has 0 aromatic carbocycles. The number of hydrogen-bond acceptors (Lipinski definition) is 13. The predicted molar refractivity (Wildman–Crippen MR) is 191 cm³/mol. The zero-order valence-corrected chi connectivity index (χ0v) is 31.8. The van der Waals surface area contributed by atoms with Crippen LogP contribution in [-0.4, -0.2) is 113 Å². The minimum Gasteiger partial charge on any atom is -0.463 e. The van der Waals surface area contributed by atoms with Crippen molar-refractivity contribution in [2.45, 2.75) is 123 Å². The Hall–Kier alpha value is -3.46. The van der Waals surface area contributed by atoms with Crippen LogP contribution in [0.15, 0.2) is 24.0 Å². The van der Waals surface area contributed by atoms with Crippen LogP contribution in [0.2, 0.25) is 0 Å². The highest BCUT2D eigenvalue weighted by Crippen LogP contribution is 2.34. The molecule has 0 radical (unpaired) electrons. The van der Waals surface area contributed by atoms with E-state index in [2.05, 4.69) is 0 Å². The van der Waals surface area contributed by atoms with Crippen molar-refractivity contribution >= 4 is 35.7 Å². The third-order valence-electron chi connectivity index (χ3n) is 10.9. The third-order valence-corrected chi connectivity index (χ3v) is 10.9. The highest BCUT2D eigenvalue weighted by molar-refractivity contribution is 6.39. The molecule has 2 heterocycles. The maximum atomic E-state index is 13.9. The monoisotopic (exact) mass is 749 g/mol. The Balaban J connectivity index is 1.65. The summed E-state index contributed by atoms with van der Waals surface area (Å²) < 4.78 is 22.4. The number of amides is 1. The van der Waals surface area contributed by atoms with Crippen molar-refractivity contribution < 1.29 is 63.0 Å². The fourth-order valence-electron chi connectivity index (χ4n) is 7.08. The first-order chi connectivity index (χ1) is 25.1. The molecule has 1 amide bonds. The van der Waals surface area contributed by atoms with E-state index >= 15 is 0 Å². The van der Waals surface area contributed by atoms with Crippen molar-refractivity contribution in [1.29, 1.82) is 0 Å². The number of aldehydes is 1. The minimum atomic E-state index is -2.34. The van der Waals surface area contributed by atoms with Gasteiger partial charge in [0, 0.05) is 24.8 Å². The van der Waals surface area contributed by atoms with Gasteiger partial charge in [0.15, 0.2) is 0 Å².